The third-order valence-electron chi connectivity index (χ3n) is 5.99. The molecule has 1 amide bonds. The van der Waals surface area contributed by atoms with Crippen LogP contribution in [0.25, 0.3) is 0 Å². The van der Waals surface area contributed by atoms with Crippen molar-refractivity contribution in [2.24, 2.45) is 0 Å². The third-order valence-corrected chi connectivity index (χ3v) is 8.38. The molecule has 6 nitrogen and oxygen atoms in total. The summed E-state index contributed by atoms with van der Waals surface area (Å²) in [4.78, 5) is 17.6. The number of hydrogen-bond donors (Lipinski definition) is 1. The van der Waals surface area contributed by atoms with Gasteiger partial charge in [0.1, 0.15) is 11.0 Å². The number of anilines is 2. The molecular formula is C24H32Cl2N4O2S. The normalized spacial score (nSPS) is 17.8. The quantitative estimate of drug-likeness (QED) is 0.548. The molecule has 0 bridgehead atoms. The van der Waals surface area contributed by atoms with Crippen molar-refractivity contribution in [3.05, 3.63) is 52.5 Å². The van der Waals surface area contributed by atoms with E-state index in [2.05, 4.69) is 41.3 Å². The smallest absolute Gasteiger partial charge is 0.225 e. The van der Waals surface area contributed by atoms with Crippen LogP contribution in [0.5, 0.6) is 0 Å². The van der Waals surface area contributed by atoms with Gasteiger partial charge in [-0.05, 0) is 69.8 Å². The van der Waals surface area contributed by atoms with Crippen LogP contribution in [0.1, 0.15) is 25.7 Å². The van der Waals surface area contributed by atoms with Crippen molar-refractivity contribution >= 4 is 51.5 Å². The zero-order chi connectivity index (χ0) is 24.0. The maximum atomic E-state index is 12.7. The van der Waals surface area contributed by atoms with Crippen LogP contribution in [0.2, 0.25) is 10.0 Å². The van der Waals surface area contributed by atoms with Crippen LogP contribution in [-0.2, 0) is 15.8 Å². The highest BCUT2D eigenvalue weighted by molar-refractivity contribution is 7.82. The number of nitrogens with zero attached hydrogens (tertiary/aromatic N) is 3. The Morgan fingerprint density at radius 3 is 2.52 bits per heavy atom. The van der Waals surface area contributed by atoms with E-state index in [1.54, 1.807) is 29.6 Å². The van der Waals surface area contributed by atoms with E-state index in [1.807, 2.05) is 12.1 Å². The molecule has 1 fully saturated rings. The first-order valence-electron chi connectivity index (χ1n) is 11.1. The van der Waals surface area contributed by atoms with Crippen molar-refractivity contribution in [3.8, 4) is 0 Å². The van der Waals surface area contributed by atoms with Gasteiger partial charge in [0.15, 0.2) is 0 Å². The molecule has 0 aromatic heterocycles. The van der Waals surface area contributed by atoms with Gasteiger partial charge in [-0.25, -0.2) is 8.51 Å². The molecule has 1 saturated heterocycles. The summed E-state index contributed by atoms with van der Waals surface area (Å²) in [5.41, 5.74) is 1.94. The Balaban J connectivity index is 1.49. The molecule has 2 aromatic rings. The van der Waals surface area contributed by atoms with Crippen LogP contribution >= 0.6 is 23.2 Å². The first kappa shape index (κ1) is 26.0. The Labute approximate surface area is 209 Å². The highest BCUT2D eigenvalue weighted by atomic mass is 35.5. The van der Waals surface area contributed by atoms with E-state index in [9.17, 15) is 9.00 Å². The van der Waals surface area contributed by atoms with Gasteiger partial charge in [0.2, 0.25) is 5.91 Å². The summed E-state index contributed by atoms with van der Waals surface area (Å²) >= 11 is 12.2. The summed E-state index contributed by atoms with van der Waals surface area (Å²) in [6, 6.07) is 13.7. The first-order valence-corrected chi connectivity index (χ1v) is 13.0. The highest BCUT2D eigenvalue weighted by Gasteiger charge is 2.19. The number of nitrogens with one attached hydrogen (secondary N) is 1. The molecule has 1 N–H and O–H groups in total. The van der Waals surface area contributed by atoms with E-state index in [1.165, 1.54) is 18.5 Å². The van der Waals surface area contributed by atoms with E-state index in [-0.39, 0.29) is 17.4 Å². The Kier molecular flexibility index (Phi) is 9.58. The largest absolute Gasteiger partial charge is 0.371 e. The van der Waals surface area contributed by atoms with E-state index < -0.39 is 11.0 Å². The second kappa shape index (κ2) is 12.2. The Bertz CT molecular complexity index is 971. The van der Waals surface area contributed by atoms with Gasteiger partial charge in [-0.15, -0.1) is 0 Å². The molecular weight excluding hydrogens is 479 g/mol. The minimum Gasteiger partial charge on any atom is -0.371 e. The van der Waals surface area contributed by atoms with Crippen molar-refractivity contribution in [3.63, 3.8) is 0 Å². The van der Waals surface area contributed by atoms with Gasteiger partial charge in [0.05, 0.1) is 14.9 Å². The molecule has 9 heteroatoms. The second-order valence-electron chi connectivity index (χ2n) is 8.53. The lowest BCUT2D eigenvalue weighted by molar-refractivity contribution is -0.116. The minimum atomic E-state index is -1.50. The van der Waals surface area contributed by atoms with E-state index in [4.69, 9.17) is 23.2 Å². The van der Waals surface area contributed by atoms with Gasteiger partial charge in [0.25, 0.3) is 0 Å². The SMILES string of the molecule is CN(C)C1CCCN(c2ccc(NC(=O)CCN(C)S(=O)c3cccc(Cl)c3Cl)cc2)CC1. The summed E-state index contributed by atoms with van der Waals surface area (Å²) in [5, 5.41) is 3.55. The molecule has 0 spiro atoms. The number of halogens is 2. The van der Waals surface area contributed by atoms with Crippen molar-refractivity contribution < 1.29 is 9.00 Å². The lowest BCUT2D eigenvalue weighted by Crippen LogP contribution is -2.30. The monoisotopic (exact) mass is 510 g/mol. The van der Waals surface area contributed by atoms with Crippen molar-refractivity contribution in [1.82, 2.24) is 9.21 Å². The van der Waals surface area contributed by atoms with Crippen molar-refractivity contribution in [2.45, 2.75) is 36.6 Å². The molecule has 1 aliphatic rings. The molecule has 2 atom stereocenters. The zero-order valence-electron chi connectivity index (χ0n) is 19.4. The predicted molar refractivity (Wildman–Crippen MR) is 139 cm³/mol. The van der Waals surface area contributed by atoms with Crippen LogP contribution in [0, 0.1) is 0 Å². The lowest BCUT2D eigenvalue weighted by Gasteiger charge is -2.25. The standard InChI is InChI=1S/C24H32Cl2N4O2S/c1-28(2)19-6-5-15-30(17-13-19)20-11-9-18(10-12-20)27-23(31)14-16-29(3)33(32)22-8-4-7-21(25)24(22)26/h4,7-12,19H,5-6,13-17H2,1-3H3,(H,27,31). The number of carbonyl (C=O) groups excluding carboxylic acids is 1. The van der Waals surface area contributed by atoms with Gasteiger partial charge in [-0.2, -0.15) is 0 Å². The van der Waals surface area contributed by atoms with E-state index in [0.717, 1.165) is 25.2 Å². The van der Waals surface area contributed by atoms with E-state index in [0.29, 0.717) is 22.5 Å². The maximum Gasteiger partial charge on any atom is 0.225 e. The van der Waals surface area contributed by atoms with Gasteiger partial charge in [-0.1, -0.05) is 29.3 Å². The highest BCUT2D eigenvalue weighted by Crippen LogP contribution is 2.29. The Morgan fingerprint density at radius 1 is 1.09 bits per heavy atom. The Morgan fingerprint density at radius 2 is 1.82 bits per heavy atom. The fourth-order valence-electron chi connectivity index (χ4n) is 3.96. The van der Waals surface area contributed by atoms with Crippen molar-refractivity contribution in [2.75, 3.05) is 51.0 Å². The average molecular weight is 512 g/mol. The van der Waals surface area contributed by atoms with Crippen LogP contribution in [0.4, 0.5) is 11.4 Å². The molecule has 180 valence electrons. The first-order chi connectivity index (χ1) is 15.8. The molecule has 33 heavy (non-hydrogen) atoms. The summed E-state index contributed by atoms with van der Waals surface area (Å²) in [6.45, 7) is 2.41. The molecule has 1 aliphatic heterocycles. The molecule has 0 saturated carbocycles. The van der Waals surface area contributed by atoms with Crippen LogP contribution in [-0.4, -0.2) is 66.1 Å². The van der Waals surface area contributed by atoms with Gasteiger partial charge < -0.3 is 15.1 Å². The number of carbonyl (C=O) groups is 1. The van der Waals surface area contributed by atoms with Gasteiger partial charge in [-0.3, -0.25) is 4.79 Å². The average Bonchev–Trinajstić information content (AvgIpc) is 3.06. The Hall–Kier alpha value is -1.64. The third kappa shape index (κ3) is 7.17. The topological polar surface area (TPSA) is 55.9 Å². The molecule has 1 heterocycles. The summed E-state index contributed by atoms with van der Waals surface area (Å²) in [5.74, 6) is -0.132. The number of rotatable bonds is 8. The fourth-order valence-corrected chi connectivity index (χ4v) is 5.57. The van der Waals surface area contributed by atoms with Crippen LogP contribution in [0.15, 0.2) is 47.4 Å². The predicted octanol–water partition coefficient (Wildman–Crippen LogP) is 4.90. The van der Waals surface area contributed by atoms with Gasteiger partial charge >= 0.3 is 0 Å². The van der Waals surface area contributed by atoms with Crippen molar-refractivity contribution in [1.29, 1.82) is 0 Å². The van der Waals surface area contributed by atoms with Crippen LogP contribution < -0.4 is 10.2 Å². The molecule has 0 radical (unpaired) electrons. The summed E-state index contributed by atoms with van der Waals surface area (Å²) in [6.07, 6.45) is 3.76. The number of amides is 1. The van der Waals surface area contributed by atoms with Gasteiger partial charge in [0, 0.05) is 50.5 Å². The molecule has 2 aromatic carbocycles. The number of benzene rings is 2. The molecule has 2 unspecified atom stereocenters. The summed E-state index contributed by atoms with van der Waals surface area (Å²) in [7, 11) is 4.50. The number of hydrogen-bond acceptors (Lipinski definition) is 4. The summed E-state index contributed by atoms with van der Waals surface area (Å²) < 4.78 is 14.3. The molecule has 3 rings (SSSR count). The maximum absolute atomic E-state index is 12.7. The minimum absolute atomic E-state index is 0.132. The zero-order valence-corrected chi connectivity index (χ0v) is 21.7. The lowest BCUT2D eigenvalue weighted by atomic mass is 10.1. The second-order valence-corrected chi connectivity index (χ2v) is 10.9. The molecule has 0 aliphatic carbocycles. The van der Waals surface area contributed by atoms with Crippen LogP contribution in [0.3, 0.4) is 0 Å². The van der Waals surface area contributed by atoms with E-state index >= 15 is 0 Å². The fraction of sp³-hybridized carbons (Fsp3) is 0.458.